The van der Waals surface area contributed by atoms with Crippen LogP contribution in [0.2, 0.25) is 0 Å². The Morgan fingerprint density at radius 3 is 0.571 bits per heavy atom. The van der Waals surface area contributed by atoms with Gasteiger partial charge in [0.2, 0.25) is 0 Å². The van der Waals surface area contributed by atoms with Crippen LogP contribution in [-0.2, 0) is 0 Å². The number of hydrogen-bond acceptors (Lipinski definition) is 0. The molecule has 0 aliphatic heterocycles. The zero-order valence-corrected chi connectivity index (χ0v) is 20.6. The summed E-state index contributed by atoms with van der Waals surface area (Å²) in [5.41, 5.74) is 0. The fraction of sp³-hybridized carbons (Fsp3) is 0.750. The van der Waals surface area contributed by atoms with Crippen LogP contribution in [-0.4, -0.2) is 68.0 Å². The smallest absolute Gasteiger partial charge is 0.323 e. The second-order valence-corrected chi connectivity index (χ2v) is 3.00. The summed E-state index contributed by atoms with van der Waals surface area (Å²) in [7, 11) is 0. The van der Waals surface area contributed by atoms with Gasteiger partial charge in [-0.25, -0.2) is 0 Å². The van der Waals surface area contributed by atoms with Gasteiger partial charge in [0.1, 0.15) is 0 Å². The van der Waals surface area contributed by atoms with E-state index in [4.69, 9.17) is 0 Å². The molecule has 0 N–H and O–H groups in total. The maximum atomic E-state index is 2.08. The molecule has 0 bridgehead atoms. The van der Waals surface area contributed by atoms with Gasteiger partial charge in [0.05, 0.1) is 0 Å². The summed E-state index contributed by atoms with van der Waals surface area (Å²) in [4.78, 5) is 0. The van der Waals surface area contributed by atoms with Crippen molar-refractivity contribution in [2.75, 3.05) is 0 Å². The normalized spacial score (nSPS) is 5.14. The minimum Gasteiger partial charge on any atom is -0.323 e. The third-order valence-electron chi connectivity index (χ3n) is 0. The number of hydrogen-bond donors (Lipinski definition) is 0. The Bertz CT molecular complexity index is 40.8. The topological polar surface area (TPSA) is 0 Å². The largest absolute Gasteiger partial charge is 2.00 e. The summed E-state index contributed by atoms with van der Waals surface area (Å²) in [6.45, 7) is 12.5. The maximum Gasteiger partial charge on any atom is 2.00 e. The van der Waals surface area contributed by atoms with Crippen molar-refractivity contribution in [2.24, 2.45) is 0 Å². The molecule has 0 rings (SSSR count). The van der Waals surface area contributed by atoms with E-state index in [-0.39, 0.29) is 97.4 Å². The molecule has 0 fully saturated rings. The van der Waals surface area contributed by atoms with Crippen molar-refractivity contribution in [2.45, 2.75) is 41.5 Å². The van der Waals surface area contributed by atoms with Gasteiger partial charge in [-0.05, 0) is 0 Å². The molecule has 0 unspecified atom stereocenters. The Balaban J connectivity index is -0.00000000600. The summed E-state index contributed by atoms with van der Waals surface area (Å²) < 4.78 is 0. The molecule has 84 valence electrons. The van der Waals surface area contributed by atoms with Crippen molar-refractivity contribution >= 4 is 97.4 Å². The Hall–Kier alpha value is 2.74. The molecule has 0 radical (unpaired) electrons. The van der Waals surface area contributed by atoms with E-state index in [1.807, 2.05) is 0 Å². The molecule has 0 amide bonds. The quantitative estimate of drug-likeness (QED) is 0.457. The molecular weight excluding hydrogens is 316 g/mol. The van der Waals surface area contributed by atoms with Crippen LogP contribution < -0.4 is 0 Å². The molecule has 0 nitrogen and oxygen atoms in total. The summed E-state index contributed by atoms with van der Waals surface area (Å²) in [6, 6.07) is 0. The summed E-state index contributed by atoms with van der Waals surface area (Å²) in [5, 5.41) is 0. The van der Waals surface area contributed by atoms with Crippen molar-refractivity contribution in [1.29, 1.82) is 0 Å². The summed E-state index contributed by atoms with van der Waals surface area (Å²) in [5.74, 6) is 2.83. The van der Waals surface area contributed by atoms with Crippen LogP contribution in [0, 0.1) is 11.8 Å². The van der Waals surface area contributed by atoms with Gasteiger partial charge in [0, 0.05) is 0 Å². The van der Waals surface area contributed by atoms with Gasteiger partial charge in [-0.3, -0.25) is 0 Å². The summed E-state index contributed by atoms with van der Waals surface area (Å²) >= 11 is 0. The van der Waals surface area contributed by atoms with E-state index in [2.05, 4.69) is 41.5 Å². The van der Waals surface area contributed by atoms with Gasteiger partial charge < -0.3 is 33.8 Å². The van der Waals surface area contributed by atoms with Crippen molar-refractivity contribution in [1.82, 2.24) is 0 Å². The van der Waals surface area contributed by atoms with Gasteiger partial charge in [0.25, 0.3) is 0 Å². The van der Waals surface area contributed by atoms with E-state index in [1.54, 1.807) is 0 Å². The monoisotopic (exact) mass is 340 g/mol. The van der Waals surface area contributed by atoms with Gasteiger partial charge in [0.15, 0.2) is 0 Å². The van der Waals surface area contributed by atoms with Crippen LogP contribution in [0.3, 0.4) is 0 Å². The van der Waals surface area contributed by atoms with E-state index in [9.17, 15) is 0 Å². The van der Waals surface area contributed by atoms with Crippen LogP contribution in [0.25, 0.3) is 0 Å². The molecule has 0 saturated heterocycles. The van der Waals surface area contributed by atoms with Gasteiger partial charge in [-0.2, -0.15) is 41.5 Å². The third kappa shape index (κ3) is 371. The Morgan fingerprint density at radius 2 is 0.571 bits per heavy atom. The molecule has 0 spiro atoms. The van der Waals surface area contributed by atoms with Crippen LogP contribution >= 0.6 is 29.4 Å². The van der Waals surface area contributed by atoms with Crippen molar-refractivity contribution in [3.05, 3.63) is 11.8 Å². The number of halogens is 2. The molecular formula is C8H26BrClMg2Si2. The minimum absolute atomic E-state index is 0. The maximum absolute atomic E-state index is 2.08. The Labute approximate surface area is 149 Å². The van der Waals surface area contributed by atoms with Crippen molar-refractivity contribution in [3.63, 3.8) is 0 Å². The van der Waals surface area contributed by atoms with Crippen molar-refractivity contribution < 1.29 is 0 Å². The van der Waals surface area contributed by atoms with Crippen LogP contribution in [0.15, 0.2) is 0 Å². The van der Waals surface area contributed by atoms with E-state index in [0.717, 1.165) is 0 Å². The fourth-order valence-corrected chi connectivity index (χ4v) is 0. The number of rotatable bonds is 0. The first-order chi connectivity index (χ1) is 3.46. The molecule has 0 aliphatic rings. The van der Waals surface area contributed by atoms with Crippen molar-refractivity contribution in [3.8, 4) is 0 Å². The third-order valence-corrected chi connectivity index (χ3v) is 0. The molecule has 0 aliphatic carbocycles. The molecule has 0 aromatic carbocycles. The predicted molar refractivity (Wildman–Crippen MR) is 89.5 cm³/mol. The van der Waals surface area contributed by atoms with Gasteiger partial charge in [-0.15, -0.1) is 29.4 Å². The van der Waals surface area contributed by atoms with Gasteiger partial charge >= 0.3 is 46.1 Å². The zero-order chi connectivity index (χ0) is 7.15. The molecule has 0 aromatic rings. The molecule has 0 heterocycles. The standard InChI is InChI=1S/2C4H9.BrH.ClH.2Mg.2H3Si/c2*1-4(2)3;;;;;;/h2*1-3H3;2*1H;;;2*1H3/q2*-1;;;2*+2;2*-1. The molecule has 14 heavy (non-hydrogen) atoms. The summed E-state index contributed by atoms with van der Waals surface area (Å²) in [6.07, 6.45) is 0. The SMILES string of the molecule is Br.C[C-](C)C.C[C-](C)C.Cl.[Mg+2].[Mg+2].[SiH3-].[SiH3-]. The van der Waals surface area contributed by atoms with Crippen LogP contribution in [0.5, 0.6) is 0 Å². The first-order valence-electron chi connectivity index (χ1n) is 3.00. The fourth-order valence-electron chi connectivity index (χ4n) is 0. The molecule has 0 atom stereocenters. The van der Waals surface area contributed by atoms with E-state index < -0.39 is 0 Å². The Morgan fingerprint density at radius 1 is 0.571 bits per heavy atom. The van der Waals surface area contributed by atoms with Crippen LogP contribution in [0.1, 0.15) is 41.5 Å². The van der Waals surface area contributed by atoms with E-state index >= 15 is 0 Å². The average molecular weight is 342 g/mol. The predicted octanol–water partition coefficient (Wildman–Crippen LogP) is 1.11. The van der Waals surface area contributed by atoms with E-state index in [1.165, 1.54) is 11.8 Å². The second kappa shape index (κ2) is 44.8. The minimum atomic E-state index is 0. The molecule has 0 saturated carbocycles. The average Bonchev–Trinajstić information content (AvgIpc) is 1.25. The van der Waals surface area contributed by atoms with Gasteiger partial charge in [-0.1, -0.05) is 0 Å². The second-order valence-electron chi connectivity index (χ2n) is 3.00. The van der Waals surface area contributed by atoms with E-state index in [0.29, 0.717) is 0 Å². The molecule has 0 aromatic heterocycles. The molecule has 6 heteroatoms. The first-order valence-corrected chi connectivity index (χ1v) is 3.00. The first kappa shape index (κ1) is 54.3. The Kier molecular flexibility index (Phi) is 174. The zero-order valence-electron chi connectivity index (χ0n) is 11.2. The van der Waals surface area contributed by atoms with Crippen LogP contribution in [0.4, 0.5) is 0 Å².